The molecule has 2 aromatic carbocycles. The lowest BCUT2D eigenvalue weighted by molar-refractivity contribution is -0.153. The van der Waals surface area contributed by atoms with E-state index in [4.69, 9.17) is 21.1 Å². The predicted molar refractivity (Wildman–Crippen MR) is 139 cm³/mol. The number of aryl methyl sites for hydroxylation is 1. The van der Waals surface area contributed by atoms with E-state index in [1.807, 2.05) is 37.3 Å². The molecule has 2 amide bonds. The van der Waals surface area contributed by atoms with Gasteiger partial charge < -0.3 is 24.4 Å². The molecule has 2 saturated heterocycles. The average molecular weight is 535 g/mol. The molecule has 2 fully saturated rings. The predicted octanol–water partition coefficient (Wildman–Crippen LogP) is 2.98. The molecule has 1 spiro atoms. The molecule has 4 aliphatic rings. The minimum atomic E-state index is -1.43. The third kappa shape index (κ3) is 3.55. The first-order valence-electron chi connectivity index (χ1n) is 12.6. The summed E-state index contributed by atoms with van der Waals surface area (Å²) < 4.78 is 11.9. The van der Waals surface area contributed by atoms with Crippen molar-refractivity contribution in [3.8, 4) is 0 Å². The van der Waals surface area contributed by atoms with Gasteiger partial charge in [0, 0.05) is 6.54 Å². The summed E-state index contributed by atoms with van der Waals surface area (Å²) in [7, 11) is 0. The van der Waals surface area contributed by atoms with Gasteiger partial charge in [0.1, 0.15) is 24.2 Å². The highest BCUT2D eigenvalue weighted by Crippen LogP contribution is 2.55. The number of cyclic esters (lactones) is 1. The van der Waals surface area contributed by atoms with Gasteiger partial charge in [-0.25, -0.2) is 0 Å². The van der Waals surface area contributed by atoms with Crippen LogP contribution >= 0.6 is 11.6 Å². The summed E-state index contributed by atoms with van der Waals surface area (Å²) in [4.78, 5) is 45.0. The molecular formula is C29H27ClN2O6. The van der Waals surface area contributed by atoms with Gasteiger partial charge in [-0.05, 0) is 30.2 Å². The molecular weight excluding hydrogens is 508 g/mol. The van der Waals surface area contributed by atoms with Gasteiger partial charge in [-0.15, -0.1) is 0 Å². The Bertz CT molecular complexity index is 1340. The Labute approximate surface area is 225 Å². The molecule has 4 heterocycles. The van der Waals surface area contributed by atoms with Crippen molar-refractivity contribution in [2.75, 3.05) is 24.7 Å². The lowest BCUT2D eigenvalue weighted by Gasteiger charge is -2.39. The fraction of sp³-hybridized carbons (Fsp3) is 0.345. The van der Waals surface area contributed by atoms with E-state index in [-0.39, 0.29) is 13.2 Å². The van der Waals surface area contributed by atoms with Gasteiger partial charge in [0.25, 0.3) is 5.91 Å². The zero-order valence-electron chi connectivity index (χ0n) is 20.7. The van der Waals surface area contributed by atoms with Crippen LogP contribution in [0.4, 0.5) is 5.69 Å². The van der Waals surface area contributed by atoms with Crippen molar-refractivity contribution >= 4 is 35.1 Å². The Morgan fingerprint density at radius 3 is 2.61 bits per heavy atom. The van der Waals surface area contributed by atoms with Crippen LogP contribution in [0.2, 0.25) is 5.02 Å². The Morgan fingerprint density at radius 2 is 1.87 bits per heavy atom. The number of hydrogen-bond donors (Lipinski definition) is 1. The summed E-state index contributed by atoms with van der Waals surface area (Å²) >= 11 is 6.58. The Kier molecular flexibility index (Phi) is 6.13. The normalized spacial score (nSPS) is 30.9. The number of rotatable bonds is 4. The van der Waals surface area contributed by atoms with Crippen LogP contribution in [-0.4, -0.2) is 65.3 Å². The van der Waals surface area contributed by atoms with Gasteiger partial charge in [0.2, 0.25) is 5.91 Å². The Hall–Kier alpha value is -3.46. The van der Waals surface area contributed by atoms with Crippen LogP contribution in [0.15, 0.2) is 72.8 Å². The number of para-hydroxylation sites is 1. The number of aliphatic hydroxyl groups excluding tert-OH is 1. The second-order valence-corrected chi connectivity index (χ2v) is 10.4. The lowest BCUT2D eigenvalue weighted by Crippen LogP contribution is -2.56. The fourth-order valence-corrected chi connectivity index (χ4v) is 6.76. The molecule has 196 valence electrons. The smallest absolute Gasteiger partial charge is 0.313 e. The first-order chi connectivity index (χ1) is 18.4. The van der Waals surface area contributed by atoms with E-state index < -0.39 is 60.0 Å². The number of carbonyl (C=O) groups excluding carboxylic acids is 3. The highest BCUT2D eigenvalue weighted by Gasteiger charge is 2.72. The van der Waals surface area contributed by atoms with Crippen LogP contribution in [0, 0.1) is 18.8 Å². The van der Waals surface area contributed by atoms with E-state index in [0.29, 0.717) is 16.3 Å². The van der Waals surface area contributed by atoms with Gasteiger partial charge in [0.15, 0.2) is 0 Å². The average Bonchev–Trinajstić information content (AvgIpc) is 3.21. The van der Waals surface area contributed by atoms with Gasteiger partial charge in [-0.3, -0.25) is 14.4 Å². The highest BCUT2D eigenvalue weighted by molar-refractivity contribution is 6.34. The maximum Gasteiger partial charge on any atom is 0.313 e. The summed E-state index contributed by atoms with van der Waals surface area (Å²) in [5, 5.41) is 11.0. The van der Waals surface area contributed by atoms with Gasteiger partial charge in [0.05, 0.1) is 35.4 Å². The quantitative estimate of drug-likeness (QED) is 0.478. The number of ether oxygens (including phenoxy) is 2. The van der Waals surface area contributed by atoms with E-state index in [0.717, 1.165) is 5.56 Å². The maximum atomic E-state index is 14.6. The number of benzene rings is 2. The monoisotopic (exact) mass is 534 g/mol. The molecule has 0 aliphatic carbocycles. The number of aliphatic hydroxyl groups is 1. The largest absolute Gasteiger partial charge is 0.461 e. The van der Waals surface area contributed by atoms with Crippen LogP contribution in [0.1, 0.15) is 17.2 Å². The number of carbonyl (C=O) groups is 3. The summed E-state index contributed by atoms with van der Waals surface area (Å²) in [5.41, 5.74) is 0.577. The molecule has 0 radical (unpaired) electrons. The molecule has 1 N–H and O–H groups in total. The maximum absolute atomic E-state index is 14.6. The minimum Gasteiger partial charge on any atom is -0.461 e. The topological polar surface area (TPSA) is 96.4 Å². The molecule has 0 aromatic heterocycles. The first-order valence-corrected chi connectivity index (χ1v) is 13.0. The van der Waals surface area contributed by atoms with Crippen molar-refractivity contribution in [1.82, 2.24) is 4.90 Å². The molecule has 0 bridgehead atoms. The van der Waals surface area contributed by atoms with Crippen molar-refractivity contribution < 1.29 is 29.0 Å². The zero-order valence-corrected chi connectivity index (χ0v) is 21.5. The first kappa shape index (κ1) is 24.9. The fourth-order valence-electron chi connectivity index (χ4n) is 6.44. The standard InChI is InChI=1S/C29H27ClN2O6/c1-17-8-5-11-19(30)24(17)31-14-7-13-29-23(22-21(38-29)12-6-15-37-28(22)36)26(34)32(25(29)27(31)35)20(16-33)18-9-3-2-4-10-18/h2-13,20-23,25,33H,14-16H2,1H3/t20-,21+,22-,23+,25?,29+/m1/s1. The molecule has 38 heavy (non-hydrogen) atoms. The number of amides is 2. The Morgan fingerprint density at radius 1 is 1.08 bits per heavy atom. The number of fused-ring (bicyclic) bond motifs is 2. The minimum absolute atomic E-state index is 0.0911. The van der Waals surface area contributed by atoms with Gasteiger partial charge >= 0.3 is 5.97 Å². The summed E-state index contributed by atoms with van der Waals surface area (Å²) in [6.45, 7) is 1.73. The van der Waals surface area contributed by atoms with Crippen LogP contribution in [-0.2, 0) is 23.9 Å². The number of likely N-dealkylation sites (tertiary alicyclic amines) is 1. The number of esters is 1. The number of halogens is 1. The molecule has 8 nitrogen and oxygen atoms in total. The summed E-state index contributed by atoms with van der Waals surface area (Å²) in [6.07, 6.45) is 6.25. The molecule has 2 aromatic rings. The molecule has 6 rings (SSSR count). The lowest BCUT2D eigenvalue weighted by atomic mass is 9.78. The van der Waals surface area contributed by atoms with E-state index >= 15 is 0 Å². The Balaban J connectivity index is 1.54. The molecule has 1 unspecified atom stereocenters. The second-order valence-electron chi connectivity index (χ2n) is 10.0. The van der Waals surface area contributed by atoms with E-state index in [1.165, 1.54) is 4.90 Å². The van der Waals surface area contributed by atoms with Crippen molar-refractivity contribution in [2.24, 2.45) is 11.8 Å². The SMILES string of the molecule is Cc1cccc(Cl)c1N1CC=C[C@]23O[C@H]4C=CCOC(=O)[C@H]4[C@H]2C(=O)N([C@H](CO)c2ccccc2)C3C1=O. The van der Waals surface area contributed by atoms with E-state index in [9.17, 15) is 19.5 Å². The summed E-state index contributed by atoms with van der Waals surface area (Å²) in [6, 6.07) is 12.5. The number of hydrogen-bond acceptors (Lipinski definition) is 6. The second kappa shape index (κ2) is 9.38. The van der Waals surface area contributed by atoms with Crippen molar-refractivity contribution in [2.45, 2.75) is 30.7 Å². The summed E-state index contributed by atoms with van der Waals surface area (Å²) in [5.74, 6) is -3.30. The zero-order chi connectivity index (χ0) is 26.6. The van der Waals surface area contributed by atoms with Crippen LogP contribution in [0.25, 0.3) is 0 Å². The van der Waals surface area contributed by atoms with Crippen molar-refractivity contribution in [3.63, 3.8) is 0 Å². The molecule has 6 atom stereocenters. The van der Waals surface area contributed by atoms with Crippen molar-refractivity contribution in [3.05, 3.63) is 89.0 Å². The third-order valence-electron chi connectivity index (χ3n) is 8.00. The molecule has 4 aliphatic heterocycles. The van der Waals surface area contributed by atoms with Crippen LogP contribution in [0.3, 0.4) is 0 Å². The van der Waals surface area contributed by atoms with Crippen LogP contribution < -0.4 is 4.90 Å². The highest BCUT2D eigenvalue weighted by atomic mass is 35.5. The van der Waals surface area contributed by atoms with E-state index in [1.54, 1.807) is 47.4 Å². The number of anilines is 1. The number of nitrogens with zero attached hydrogens (tertiary/aromatic N) is 2. The van der Waals surface area contributed by atoms with Crippen molar-refractivity contribution in [1.29, 1.82) is 0 Å². The van der Waals surface area contributed by atoms with Gasteiger partial charge in [-0.2, -0.15) is 0 Å². The van der Waals surface area contributed by atoms with Gasteiger partial charge in [-0.1, -0.05) is 72.3 Å². The molecule has 9 heteroatoms. The van der Waals surface area contributed by atoms with E-state index in [2.05, 4.69) is 0 Å². The third-order valence-corrected chi connectivity index (χ3v) is 8.31. The van der Waals surface area contributed by atoms with Crippen LogP contribution in [0.5, 0.6) is 0 Å². The molecule has 0 saturated carbocycles.